The van der Waals surface area contributed by atoms with Gasteiger partial charge in [0.25, 0.3) is 5.91 Å². The number of hydrogen-bond donors (Lipinski definition) is 1. The molecule has 1 aromatic carbocycles. The van der Waals surface area contributed by atoms with Crippen molar-refractivity contribution in [3.05, 3.63) is 78.0 Å². The van der Waals surface area contributed by atoms with E-state index in [9.17, 15) is 9.18 Å². The normalized spacial score (nSPS) is 10.3. The maximum absolute atomic E-state index is 13.1. The Bertz CT molecular complexity index is 882. The van der Waals surface area contributed by atoms with Crippen molar-refractivity contribution in [2.45, 2.75) is 6.54 Å². The molecule has 2 aromatic heterocycles. The zero-order chi connectivity index (χ0) is 17.6. The Labute approximate surface area is 144 Å². The van der Waals surface area contributed by atoms with Gasteiger partial charge in [-0.05, 0) is 36.4 Å². The summed E-state index contributed by atoms with van der Waals surface area (Å²) in [6.45, 7) is 0.144. The number of methoxy groups -OCH3 is 1. The van der Waals surface area contributed by atoms with Crippen molar-refractivity contribution in [3.63, 3.8) is 0 Å². The highest BCUT2D eigenvalue weighted by atomic mass is 19.1. The first kappa shape index (κ1) is 16.6. The minimum atomic E-state index is -0.387. The molecule has 3 aromatic rings. The molecule has 0 aliphatic rings. The van der Waals surface area contributed by atoms with Gasteiger partial charge in [0.15, 0.2) is 0 Å². The molecule has 5 nitrogen and oxygen atoms in total. The summed E-state index contributed by atoms with van der Waals surface area (Å²) < 4.78 is 18.4. The van der Waals surface area contributed by atoms with Gasteiger partial charge in [-0.2, -0.15) is 0 Å². The lowest BCUT2D eigenvalue weighted by atomic mass is 10.1. The minimum Gasteiger partial charge on any atom is -0.496 e. The summed E-state index contributed by atoms with van der Waals surface area (Å²) in [5.41, 5.74) is 2.42. The van der Waals surface area contributed by atoms with Crippen molar-refractivity contribution in [3.8, 4) is 17.0 Å². The third kappa shape index (κ3) is 3.98. The van der Waals surface area contributed by atoms with Gasteiger partial charge >= 0.3 is 0 Å². The second kappa shape index (κ2) is 7.53. The number of ether oxygens (including phenoxy) is 1. The Balaban J connectivity index is 1.70. The molecule has 0 bridgehead atoms. The van der Waals surface area contributed by atoms with Crippen molar-refractivity contribution in [1.29, 1.82) is 0 Å². The van der Waals surface area contributed by atoms with Gasteiger partial charge in [0.1, 0.15) is 11.6 Å². The second-order valence-corrected chi connectivity index (χ2v) is 5.28. The first-order chi connectivity index (χ1) is 12.2. The van der Waals surface area contributed by atoms with Crippen molar-refractivity contribution in [2.24, 2.45) is 0 Å². The Morgan fingerprint density at radius 3 is 2.72 bits per heavy atom. The zero-order valence-corrected chi connectivity index (χ0v) is 13.6. The van der Waals surface area contributed by atoms with E-state index in [1.54, 1.807) is 19.2 Å². The van der Waals surface area contributed by atoms with E-state index in [-0.39, 0.29) is 18.3 Å². The van der Waals surface area contributed by atoms with Gasteiger partial charge in [-0.15, -0.1) is 0 Å². The fraction of sp³-hybridized carbons (Fsp3) is 0.105. The molecule has 1 amide bonds. The molecule has 0 aliphatic heterocycles. The fourth-order valence-electron chi connectivity index (χ4n) is 2.36. The topological polar surface area (TPSA) is 64.1 Å². The first-order valence-corrected chi connectivity index (χ1v) is 7.65. The van der Waals surface area contributed by atoms with Gasteiger partial charge in [0.05, 0.1) is 30.6 Å². The highest BCUT2D eigenvalue weighted by Gasteiger charge is 2.10. The van der Waals surface area contributed by atoms with Crippen LogP contribution < -0.4 is 10.1 Å². The zero-order valence-electron chi connectivity index (χ0n) is 13.6. The Kier molecular flexibility index (Phi) is 4.99. The first-order valence-electron chi connectivity index (χ1n) is 7.65. The third-order valence-electron chi connectivity index (χ3n) is 3.62. The van der Waals surface area contributed by atoms with E-state index >= 15 is 0 Å². The summed E-state index contributed by atoms with van der Waals surface area (Å²) in [4.78, 5) is 20.5. The number of aromatic nitrogens is 2. The lowest BCUT2D eigenvalue weighted by molar-refractivity contribution is 0.0950. The minimum absolute atomic E-state index is 0.144. The maximum atomic E-state index is 13.1. The second-order valence-electron chi connectivity index (χ2n) is 5.28. The number of halogens is 1. The van der Waals surface area contributed by atoms with E-state index in [1.165, 1.54) is 24.5 Å². The average Bonchev–Trinajstić information content (AvgIpc) is 2.66. The number of carbonyl (C=O) groups excluding carboxylic acids is 1. The van der Waals surface area contributed by atoms with Gasteiger partial charge in [0.2, 0.25) is 0 Å². The van der Waals surface area contributed by atoms with Crippen LogP contribution in [0.4, 0.5) is 4.39 Å². The van der Waals surface area contributed by atoms with Crippen molar-refractivity contribution >= 4 is 5.91 Å². The fourth-order valence-corrected chi connectivity index (χ4v) is 2.36. The molecular formula is C19H16FN3O2. The molecule has 126 valence electrons. The van der Waals surface area contributed by atoms with Crippen LogP contribution in [0.25, 0.3) is 11.3 Å². The molecule has 0 aliphatic carbocycles. The van der Waals surface area contributed by atoms with E-state index in [0.717, 1.165) is 5.56 Å². The number of nitrogens with zero attached hydrogens (tertiary/aromatic N) is 2. The number of hydrogen-bond acceptors (Lipinski definition) is 4. The number of benzene rings is 1. The molecule has 3 rings (SSSR count). The van der Waals surface area contributed by atoms with Crippen molar-refractivity contribution in [2.75, 3.05) is 7.11 Å². The van der Waals surface area contributed by atoms with Gasteiger partial charge in [-0.25, -0.2) is 4.39 Å². The van der Waals surface area contributed by atoms with E-state index in [4.69, 9.17) is 4.74 Å². The van der Waals surface area contributed by atoms with Gasteiger partial charge < -0.3 is 10.1 Å². The molecule has 2 heterocycles. The third-order valence-corrected chi connectivity index (χ3v) is 3.62. The SMILES string of the molecule is COc1ccccc1-c1ccc(C(=O)NCc2cc(F)ccn2)cn1. The van der Waals surface area contributed by atoms with Crippen LogP contribution in [0.1, 0.15) is 16.1 Å². The Hall–Kier alpha value is -3.28. The lowest BCUT2D eigenvalue weighted by Gasteiger charge is -2.08. The molecule has 1 N–H and O–H groups in total. The largest absolute Gasteiger partial charge is 0.496 e. The summed E-state index contributed by atoms with van der Waals surface area (Å²) >= 11 is 0. The van der Waals surface area contributed by atoms with Crippen LogP contribution >= 0.6 is 0 Å². The Morgan fingerprint density at radius 1 is 1.16 bits per heavy atom. The number of carbonyl (C=O) groups is 1. The van der Waals surface area contributed by atoms with Crippen LogP contribution in [-0.2, 0) is 6.54 Å². The summed E-state index contributed by atoms with van der Waals surface area (Å²) in [5.74, 6) is 0.0246. The van der Waals surface area contributed by atoms with Crippen LogP contribution in [0.2, 0.25) is 0 Å². The molecular weight excluding hydrogens is 321 g/mol. The molecule has 6 heteroatoms. The standard InChI is InChI=1S/C19H16FN3O2/c1-25-18-5-3-2-4-16(18)17-7-6-13(11-22-17)19(24)23-12-15-10-14(20)8-9-21-15/h2-11H,12H2,1H3,(H,23,24). The van der Waals surface area contributed by atoms with Crippen molar-refractivity contribution < 1.29 is 13.9 Å². The van der Waals surface area contributed by atoms with E-state index in [2.05, 4.69) is 15.3 Å². The number of amides is 1. The summed E-state index contributed by atoms with van der Waals surface area (Å²) in [6.07, 6.45) is 2.86. The average molecular weight is 337 g/mol. The van der Waals surface area contributed by atoms with Gasteiger partial charge in [-0.1, -0.05) is 12.1 Å². The summed E-state index contributed by atoms with van der Waals surface area (Å²) in [5, 5.41) is 2.69. The van der Waals surface area contributed by atoms with Gasteiger partial charge in [-0.3, -0.25) is 14.8 Å². The maximum Gasteiger partial charge on any atom is 0.253 e. The molecule has 0 saturated heterocycles. The summed E-state index contributed by atoms with van der Waals surface area (Å²) in [6, 6.07) is 13.5. The molecule has 25 heavy (non-hydrogen) atoms. The molecule has 0 fully saturated rings. The highest BCUT2D eigenvalue weighted by Crippen LogP contribution is 2.27. The van der Waals surface area contributed by atoms with Crippen LogP contribution in [0.5, 0.6) is 5.75 Å². The molecule has 0 unspecified atom stereocenters. The van der Waals surface area contributed by atoms with Crippen LogP contribution in [0, 0.1) is 5.82 Å². The van der Waals surface area contributed by atoms with Crippen LogP contribution in [0.15, 0.2) is 60.9 Å². The molecule has 0 saturated carbocycles. The molecule has 0 spiro atoms. The highest BCUT2D eigenvalue weighted by molar-refractivity contribution is 5.94. The number of rotatable bonds is 5. The Morgan fingerprint density at radius 2 is 2.00 bits per heavy atom. The molecule has 0 atom stereocenters. The van der Waals surface area contributed by atoms with Crippen molar-refractivity contribution in [1.82, 2.24) is 15.3 Å². The monoisotopic (exact) mass is 337 g/mol. The predicted molar refractivity (Wildman–Crippen MR) is 91.6 cm³/mol. The number of para-hydroxylation sites is 1. The van der Waals surface area contributed by atoms with E-state index in [0.29, 0.717) is 22.7 Å². The smallest absolute Gasteiger partial charge is 0.253 e. The number of nitrogens with one attached hydrogen (secondary N) is 1. The van der Waals surface area contributed by atoms with E-state index < -0.39 is 0 Å². The number of pyridine rings is 2. The lowest BCUT2D eigenvalue weighted by Crippen LogP contribution is -2.23. The molecule has 0 radical (unpaired) electrons. The van der Waals surface area contributed by atoms with E-state index in [1.807, 2.05) is 24.3 Å². The van der Waals surface area contributed by atoms with Gasteiger partial charge in [0, 0.05) is 18.0 Å². The summed E-state index contributed by atoms with van der Waals surface area (Å²) in [7, 11) is 1.60. The quantitative estimate of drug-likeness (QED) is 0.776. The predicted octanol–water partition coefficient (Wildman–Crippen LogP) is 3.22. The van der Waals surface area contributed by atoms with Crippen LogP contribution in [-0.4, -0.2) is 23.0 Å². The van der Waals surface area contributed by atoms with Crippen LogP contribution in [0.3, 0.4) is 0 Å².